The van der Waals surface area contributed by atoms with Crippen molar-refractivity contribution in [1.82, 2.24) is 9.80 Å². The van der Waals surface area contributed by atoms with Gasteiger partial charge in [0.25, 0.3) is 0 Å². The Morgan fingerprint density at radius 2 is 1.93 bits per heavy atom. The first kappa shape index (κ1) is 18.4. The zero-order valence-corrected chi connectivity index (χ0v) is 16.0. The highest BCUT2D eigenvalue weighted by atomic mass is 16.5. The summed E-state index contributed by atoms with van der Waals surface area (Å²) in [7, 11) is 1.67. The standard InChI is InChI=1S/C21H25N3O4/c1-27-19-7-3-2-6-18(19)22-8-10-23(11-9-22)21(26)16-13-20(25)24(14-16)15-17-5-4-12-28-17/h2-7,12,16H,8-11,13-15H2,1H3. The molecule has 1 unspecified atom stereocenters. The van der Waals surface area contributed by atoms with Gasteiger partial charge in [-0.05, 0) is 24.3 Å². The van der Waals surface area contributed by atoms with Crippen molar-refractivity contribution in [3.63, 3.8) is 0 Å². The normalized spacial score (nSPS) is 20.0. The van der Waals surface area contributed by atoms with Crippen LogP contribution in [-0.4, -0.2) is 61.4 Å². The number of piperazine rings is 1. The fourth-order valence-corrected chi connectivity index (χ4v) is 4.00. The Kier molecular flexibility index (Phi) is 5.23. The van der Waals surface area contributed by atoms with Crippen molar-refractivity contribution in [2.75, 3.05) is 44.7 Å². The van der Waals surface area contributed by atoms with Crippen LogP contribution in [0.3, 0.4) is 0 Å². The van der Waals surface area contributed by atoms with E-state index in [4.69, 9.17) is 9.15 Å². The number of hydrogen-bond acceptors (Lipinski definition) is 5. The van der Waals surface area contributed by atoms with Gasteiger partial charge in [-0.2, -0.15) is 0 Å². The van der Waals surface area contributed by atoms with Gasteiger partial charge in [-0.15, -0.1) is 0 Å². The fraction of sp³-hybridized carbons (Fsp3) is 0.429. The molecule has 2 saturated heterocycles. The Morgan fingerprint density at radius 3 is 2.64 bits per heavy atom. The van der Waals surface area contributed by atoms with Gasteiger partial charge >= 0.3 is 0 Å². The summed E-state index contributed by atoms with van der Waals surface area (Å²) in [5.74, 6) is 1.42. The molecule has 7 nitrogen and oxygen atoms in total. The lowest BCUT2D eigenvalue weighted by molar-refractivity contribution is -0.136. The highest BCUT2D eigenvalue weighted by Crippen LogP contribution is 2.29. The second-order valence-corrected chi connectivity index (χ2v) is 7.24. The largest absolute Gasteiger partial charge is 0.495 e. The van der Waals surface area contributed by atoms with Gasteiger partial charge in [-0.3, -0.25) is 9.59 Å². The minimum absolute atomic E-state index is 0.0161. The van der Waals surface area contributed by atoms with Crippen molar-refractivity contribution in [3.8, 4) is 5.75 Å². The molecule has 148 valence electrons. The van der Waals surface area contributed by atoms with Crippen molar-refractivity contribution in [2.24, 2.45) is 5.92 Å². The quantitative estimate of drug-likeness (QED) is 0.790. The number of methoxy groups -OCH3 is 1. The van der Waals surface area contributed by atoms with Crippen LogP contribution in [-0.2, 0) is 16.1 Å². The molecule has 0 spiro atoms. The molecule has 1 aromatic heterocycles. The van der Waals surface area contributed by atoms with Gasteiger partial charge < -0.3 is 23.9 Å². The van der Waals surface area contributed by atoms with Gasteiger partial charge in [0.15, 0.2) is 0 Å². The van der Waals surface area contributed by atoms with Crippen LogP contribution < -0.4 is 9.64 Å². The van der Waals surface area contributed by atoms with E-state index in [9.17, 15) is 9.59 Å². The summed E-state index contributed by atoms with van der Waals surface area (Å²) >= 11 is 0. The third-order valence-corrected chi connectivity index (χ3v) is 5.51. The Hall–Kier alpha value is -2.96. The minimum Gasteiger partial charge on any atom is -0.495 e. The molecule has 0 bridgehead atoms. The highest BCUT2D eigenvalue weighted by Gasteiger charge is 2.37. The van der Waals surface area contributed by atoms with E-state index in [1.54, 1.807) is 24.3 Å². The lowest BCUT2D eigenvalue weighted by atomic mass is 10.1. The molecule has 0 radical (unpaired) electrons. The average molecular weight is 383 g/mol. The van der Waals surface area contributed by atoms with E-state index in [1.807, 2.05) is 35.2 Å². The molecule has 2 amide bonds. The molecule has 2 aliphatic heterocycles. The highest BCUT2D eigenvalue weighted by molar-refractivity contribution is 5.89. The summed E-state index contributed by atoms with van der Waals surface area (Å²) in [5, 5.41) is 0. The summed E-state index contributed by atoms with van der Waals surface area (Å²) in [6.07, 6.45) is 1.88. The van der Waals surface area contributed by atoms with Crippen LogP contribution in [0.4, 0.5) is 5.69 Å². The van der Waals surface area contributed by atoms with Crippen LogP contribution in [0.1, 0.15) is 12.2 Å². The van der Waals surface area contributed by atoms with E-state index in [0.29, 0.717) is 26.2 Å². The third-order valence-electron chi connectivity index (χ3n) is 5.51. The summed E-state index contributed by atoms with van der Waals surface area (Å²) in [6, 6.07) is 11.6. The molecule has 3 heterocycles. The predicted molar refractivity (Wildman–Crippen MR) is 104 cm³/mol. The molecule has 2 fully saturated rings. The number of rotatable bonds is 5. The second-order valence-electron chi connectivity index (χ2n) is 7.24. The smallest absolute Gasteiger partial charge is 0.228 e. The number of carbonyl (C=O) groups excluding carboxylic acids is 2. The van der Waals surface area contributed by atoms with Crippen LogP contribution in [0.15, 0.2) is 47.1 Å². The van der Waals surface area contributed by atoms with Crippen LogP contribution in [0.25, 0.3) is 0 Å². The number of para-hydroxylation sites is 2. The Bertz CT molecular complexity index is 828. The number of hydrogen-bond donors (Lipinski definition) is 0. The number of ether oxygens (including phenoxy) is 1. The van der Waals surface area contributed by atoms with E-state index in [-0.39, 0.29) is 24.2 Å². The Labute approximate surface area is 164 Å². The zero-order chi connectivity index (χ0) is 19.5. The lowest BCUT2D eigenvalue weighted by Gasteiger charge is -2.37. The van der Waals surface area contributed by atoms with E-state index in [0.717, 1.165) is 30.3 Å². The van der Waals surface area contributed by atoms with Gasteiger partial charge in [0.1, 0.15) is 11.5 Å². The SMILES string of the molecule is COc1ccccc1N1CCN(C(=O)C2CC(=O)N(Cc3ccco3)C2)CC1. The van der Waals surface area contributed by atoms with Gasteiger partial charge in [0.05, 0.1) is 31.5 Å². The number of carbonyl (C=O) groups is 2. The number of benzene rings is 1. The summed E-state index contributed by atoms with van der Waals surface area (Å²) in [4.78, 5) is 31.1. The van der Waals surface area contributed by atoms with Crippen molar-refractivity contribution in [3.05, 3.63) is 48.4 Å². The van der Waals surface area contributed by atoms with Gasteiger partial charge in [0, 0.05) is 39.1 Å². The molecular formula is C21H25N3O4. The third kappa shape index (κ3) is 3.69. The molecule has 2 aromatic rings. The number of likely N-dealkylation sites (tertiary alicyclic amines) is 1. The zero-order valence-electron chi connectivity index (χ0n) is 16.0. The van der Waals surface area contributed by atoms with Crippen LogP contribution in [0.5, 0.6) is 5.75 Å². The first-order chi connectivity index (χ1) is 13.7. The van der Waals surface area contributed by atoms with Crippen molar-refractivity contribution >= 4 is 17.5 Å². The van der Waals surface area contributed by atoms with E-state index in [1.165, 1.54) is 0 Å². The monoisotopic (exact) mass is 383 g/mol. The van der Waals surface area contributed by atoms with E-state index in [2.05, 4.69) is 4.90 Å². The maximum atomic E-state index is 12.9. The first-order valence-electron chi connectivity index (χ1n) is 9.62. The van der Waals surface area contributed by atoms with E-state index < -0.39 is 0 Å². The molecule has 7 heteroatoms. The maximum Gasteiger partial charge on any atom is 0.228 e. The molecule has 4 rings (SSSR count). The predicted octanol–water partition coefficient (Wildman–Crippen LogP) is 1.99. The number of nitrogens with zero attached hydrogens (tertiary/aromatic N) is 3. The molecule has 0 saturated carbocycles. The molecule has 2 aliphatic rings. The molecule has 0 N–H and O–H groups in total. The van der Waals surface area contributed by atoms with Crippen LogP contribution in [0, 0.1) is 5.92 Å². The second kappa shape index (κ2) is 7.96. The topological polar surface area (TPSA) is 66.2 Å². The van der Waals surface area contributed by atoms with Gasteiger partial charge in [-0.25, -0.2) is 0 Å². The van der Waals surface area contributed by atoms with Crippen molar-refractivity contribution < 1.29 is 18.7 Å². The van der Waals surface area contributed by atoms with Crippen molar-refractivity contribution in [2.45, 2.75) is 13.0 Å². The molecule has 0 aliphatic carbocycles. The first-order valence-corrected chi connectivity index (χ1v) is 9.62. The lowest BCUT2D eigenvalue weighted by Crippen LogP contribution is -2.50. The van der Waals surface area contributed by atoms with Crippen LogP contribution >= 0.6 is 0 Å². The number of amides is 2. The molecule has 28 heavy (non-hydrogen) atoms. The van der Waals surface area contributed by atoms with Gasteiger partial charge in [0.2, 0.25) is 11.8 Å². The molecular weight excluding hydrogens is 358 g/mol. The summed E-state index contributed by atoms with van der Waals surface area (Å²) in [5.41, 5.74) is 1.05. The Morgan fingerprint density at radius 1 is 1.14 bits per heavy atom. The average Bonchev–Trinajstić information content (AvgIpc) is 3.38. The Balaban J connectivity index is 1.33. The summed E-state index contributed by atoms with van der Waals surface area (Å²) in [6.45, 7) is 3.70. The molecule has 1 atom stereocenters. The maximum absolute atomic E-state index is 12.9. The van der Waals surface area contributed by atoms with Crippen molar-refractivity contribution in [1.29, 1.82) is 0 Å². The van der Waals surface area contributed by atoms with E-state index >= 15 is 0 Å². The summed E-state index contributed by atoms with van der Waals surface area (Å²) < 4.78 is 10.8. The number of anilines is 1. The fourth-order valence-electron chi connectivity index (χ4n) is 4.00. The molecule has 1 aromatic carbocycles. The number of furan rings is 1. The minimum atomic E-state index is -0.264. The van der Waals surface area contributed by atoms with Crippen LogP contribution in [0.2, 0.25) is 0 Å². The van der Waals surface area contributed by atoms with Gasteiger partial charge in [-0.1, -0.05) is 12.1 Å².